The lowest BCUT2D eigenvalue weighted by Crippen LogP contribution is -2.48. The molecular formula is C13H21N3O4. The van der Waals surface area contributed by atoms with Gasteiger partial charge in [-0.15, -0.1) is 0 Å². The van der Waals surface area contributed by atoms with Gasteiger partial charge in [-0.05, 0) is 46.8 Å². The minimum Gasteiger partial charge on any atom is -0.478 e. The SMILES string of the molecule is CC(C(=O)O)=C(C)C(=O)NC(=O)NC1CCN(C)CC1. The lowest BCUT2D eigenvalue weighted by atomic mass is 10.1. The van der Waals surface area contributed by atoms with Gasteiger partial charge in [-0.1, -0.05) is 0 Å². The molecule has 112 valence electrons. The van der Waals surface area contributed by atoms with Gasteiger partial charge in [0.15, 0.2) is 0 Å². The Morgan fingerprint density at radius 3 is 2.15 bits per heavy atom. The molecule has 7 heteroatoms. The highest BCUT2D eigenvalue weighted by Crippen LogP contribution is 2.08. The van der Waals surface area contributed by atoms with Crippen LogP contribution in [0.15, 0.2) is 11.1 Å². The summed E-state index contributed by atoms with van der Waals surface area (Å²) in [6, 6.07) is -0.536. The number of hydrogen-bond donors (Lipinski definition) is 3. The van der Waals surface area contributed by atoms with E-state index in [0.29, 0.717) is 0 Å². The second-order valence-electron chi connectivity index (χ2n) is 5.06. The van der Waals surface area contributed by atoms with Crippen molar-refractivity contribution in [3.8, 4) is 0 Å². The van der Waals surface area contributed by atoms with E-state index in [4.69, 9.17) is 5.11 Å². The van der Waals surface area contributed by atoms with Crippen LogP contribution in [0, 0.1) is 0 Å². The van der Waals surface area contributed by atoms with Crippen molar-refractivity contribution in [1.82, 2.24) is 15.5 Å². The quantitative estimate of drug-likeness (QED) is 0.648. The lowest BCUT2D eigenvalue weighted by molar-refractivity contribution is -0.133. The van der Waals surface area contributed by atoms with Gasteiger partial charge in [0.05, 0.1) is 0 Å². The Kier molecular flexibility index (Phi) is 5.69. The molecule has 0 aliphatic carbocycles. The summed E-state index contributed by atoms with van der Waals surface area (Å²) < 4.78 is 0. The summed E-state index contributed by atoms with van der Waals surface area (Å²) in [7, 11) is 2.02. The lowest BCUT2D eigenvalue weighted by Gasteiger charge is -2.29. The highest BCUT2D eigenvalue weighted by atomic mass is 16.4. The van der Waals surface area contributed by atoms with Crippen LogP contribution in [-0.4, -0.2) is 54.1 Å². The van der Waals surface area contributed by atoms with E-state index in [-0.39, 0.29) is 17.2 Å². The molecule has 7 nitrogen and oxygen atoms in total. The zero-order chi connectivity index (χ0) is 15.3. The number of carbonyl (C=O) groups excluding carboxylic acids is 2. The second kappa shape index (κ2) is 7.04. The molecule has 1 heterocycles. The van der Waals surface area contributed by atoms with Gasteiger partial charge < -0.3 is 15.3 Å². The topological polar surface area (TPSA) is 98.7 Å². The Bertz CT molecular complexity index is 437. The maximum absolute atomic E-state index is 11.7. The summed E-state index contributed by atoms with van der Waals surface area (Å²) in [5.41, 5.74) is -0.0504. The molecule has 0 radical (unpaired) electrons. The fraction of sp³-hybridized carbons (Fsp3) is 0.615. The van der Waals surface area contributed by atoms with Gasteiger partial charge in [-0.2, -0.15) is 0 Å². The first kappa shape index (κ1) is 16.2. The molecule has 0 atom stereocenters. The number of imide groups is 1. The maximum atomic E-state index is 11.7. The average molecular weight is 283 g/mol. The zero-order valence-corrected chi connectivity index (χ0v) is 12.0. The third-order valence-corrected chi connectivity index (χ3v) is 3.50. The van der Waals surface area contributed by atoms with Crippen molar-refractivity contribution in [2.75, 3.05) is 20.1 Å². The fourth-order valence-electron chi connectivity index (χ4n) is 1.90. The van der Waals surface area contributed by atoms with Crippen molar-refractivity contribution in [3.05, 3.63) is 11.1 Å². The van der Waals surface area contributed by atoms with Crippen molar-refractivity contribution in [2.24, 2.45) is 0 Å². The molecule has 0 saturated carbocycles. The summed E-state index contributed by atoms with van der Waals surface area (Å²) >= 11 is 0. The highest BCUT2D eigenvalue weighted by Gasteiger charge is 2.20. The van der Waals surface area contributed by atoms with E-state index < -0.39 is 17.9 Å². The Balaban J connectivity index is 2.48. The molecule has 3 N–H and O–H groups in total. The van der Waals surface area contributed by atoms with E-state index in [0.717, 1.165) is 25.9 Å². The Hall–Kier alpha value is -1.89. The van der Waals surface area contributed by atoms with Crippen LogP contribution in [0.3, 0.4) is 0 Å². The Morgan fingerprint density at radius 1 is 1.10 bits per heavy atom. The first-order valence-corrected chi connectivity index (χ1v) is 6.52. The number of carbonyl (C=O) groups is 3. The number of aliphatic carboxylic acids is 1. The molecule has 0 bridgehead atoms. The third-order valence-electron chi connectivity index (χ3n) is 3.50. The molecular weight excluding hydrogens is 262 g/mol. The number of carboxylic acids is 1. The van der Waals surface area contributed by atoms with Crippen LogP contribution in [0.1, 0.15) is 26.7 Å². The molecule has 0 aromatic heterocycles. The summed E-state index contributed by atoms with van der Waals surface area (Å²) in [5.74, 6) is -1.86. The summed E-state index contributed by atoms with van der Waals surface area (Å²) in [6.45, 7) is 4.50. The van der Waals surface area contributed by atoms with Crippen LogP contribution < -0.4 is 10.6 Å². The monoisotopic (exact) mass is 283 g/mol. The number of piperidine rings is 1. The second-order valence-corrected chi connectivity index (χ2v) is 5.06. The zero-order valence-electron chi connectivity index (χ0n) is 12.0. The van der Waals surface area contributed by atoms with Crippen LogP contribution in [0.4, 0.5) is 4.79 Å². The molecule has 1 aliphatic heterocycles. The number of hydrogen-bond acceptors (Lipinski definition) is 4. The summed E-state index contributed by atoms with van der Waals surface area (Å²) in [6.07, 6.45) is 1.67. The molecule has 1 rings (SSSR count). The molecule has 0 unspecified atom stereocenters. The van der Waals surface area contributed by atoms with Gasteiger partial charge in [0.2, 0.25) is 0 Å². The highest BCUT2D eigenvalue weighted by molar-refractivity contribution is 6.07. The largest absolute Gasteiger partial charge is 0.478 e. The third kappa shape index (κ3) is 4.65. The van der Waals surface area contributed by atoms with Gasteiger partial charge >= 0.3 is 12.0 Å². The van der Waals surface area contributed by atoms with Crippen LogP contribution in [0.5, 0.6) is 0 Å². The van der Waals surface area contributed by atoms with Crippen LogP contribution in [-0.2, 0) is 9.59 Å². The van der Waals surface area contributed by atoms with Crippen LogP contribution in [0.2, 0.25) is 0 Å². The van der Waals surface area contributed by atoms with Crippen molar-refractivity contribution >= 4 is 17.9 Å². The van der Waals surface area contributed by atoms with Crippen LogP contribution in [0.25, 0.3) is 0 Å². The van der Waals surface area contributed by atoms with E-state index in [1.165, 1.54) is 13.8 Å². The number of likely N-dealkylation sites (tertiary alicyclic amines) is 1. The standard InChI is InChI=1S/C13H21N3O4/c1-8(9(2)12(18)19)11(17)15-13(20)14-10-4-6-16(3)7-5-10/h10H,4-7H2,1-3H3,(H,18,19)(H2,14,15,17,20). The van der Waals surface area contributed by atoms with Gasteiger partial charge in [-0.3, -0.25) is 10.1 Å². The minimum absolute atomic E-state index is 0.0241. The average Bonchev–Trinajstić information content (AvgIpc) is 2.39. The van der Waals surface area contributed by atoms with E-state index in [1.807, 2.05) is 7.05 Å². The first-order valence-electron chi connectivity index (χ1n) is 6.52. The predicted molar refractivity (Wildman–Crippen MR) is 73.2 cm³/mol. The molecule has 1 fully saturated rings. The molecule has 20 heavy (non-hydrogen) atoms. The molecule has 3 amide bonds. The van der Waals surface area contributed by atoms with Crippen molar-refractivity contribution < 1.29 is 19.5 Å². The van der Waals surface area contributed by atoms with Crippen LogP contribution >= 0.6 is 0 Å². The number of nitrogens with one attached hydrogen (secondary N) is 2. The first-order chi connectivity index (χ1) is 9.31. The number of urea groups is 1. The summed E-state index contributed by atoms with van der Waals surface area (Å²) in [5, 5.41) is 13.7. The van der Waals surface area contributed by atoms with E-state index in [2.05, 4.69) is 15.5 Å². The normalized spacial score (nSPS) is 18.1. The van der Waals surface area contributed by atoms with E-state index in [9.17, 15) is 14.4 Å². The summed E-state index contributed by atoms with van der Waals surface area (Å²) in [4.78, 5) is 36.3. The molecule has 0 spiro atoms. The Labute approximate surface area is 118 Å². The smallest absolute Gasteiger partial charge is 0.331 e. The number of amides is 3. The van der Waals surface area contributed by atoms with E-state index in [1.54, 1.807) is 0 Å². The van der Waals surface area contributed by atoms with Crippen molar-refractivity contribution in [1.29, 1.82) is 0 Å². The van der Waals surface area contributed by atoms with Gasteiger partial charge in [0, 0.05) is 17.2 Å². The van der Waals surface area contributed by atoms with E-state index >= 15 is 0 Å². The van der Waals surface area contributed by atoms with Crippen molar-refractivity contribution in [2.45, 2.75) is 32.7 Å². The molecule has 0 aromatic rings. The Morgan fingerprint density at radius 2 is 1.65 bits per heavy atom. The van der Waals surface area contributed by atoms with Crippen molar-refractivity contribution in [3.63, 3.8) is 0 Å². The number of carboxylic acid groups (broad SMARTS) is 1. The number of nitrogens with zero attached hydrogens (tertiary/aromatic N) is 1. The predicted octanol–water partition coefficient (Wildman–Crippen LogP) is 0.327. The number of rotatable bonds is 3. The van der Waals surface area contributed by atoms with Gasteiger partial charge in [-0.25, -0.2) is 9.59 Å². The fourth-order valence-corrected chi connectivity index (χ4v) is 1.90. The maximum Gasteiger partial charge on any atom is 0.331 e. The molecule has 1 aliphatic rings. The van der Waals surface area contributed by atoms with Gasteiger partial charge in [0.1, 0.15) is 0 Å². The minimum atomic E-state index is -1.17. The van der Waals surface area contributed by atoms with Gasteiger partial charge in [0.25, 0.3) is 5.91 Å². The molecule has 0 aromatic carbocycles. The molecule has 1 saturated heterocycles.